The molecule has 0 atom stereocenters. The minimum atomic E-state index is -0.833. The molecule has 0 aliphatic heterocycles. The molecule has 0 saturated carbocycles. The van der Waals surface area contributed by atoms with Crippen molar-refractivity contribution >= 4 is 32.6 Å². The maximum atomic E-state index is 8.46. The average Bonchev–Trinajstić information content (AvgIpc) is 0.918. The van der Waals surface area contributed by atoms with Gasteiger partial charge in [-0.2, -0.15) is 0 Å². The van der Waals surface area contributed by atoms with E-state index in [4.69, 9.17) is 9.46 Å². The molecule has 0 rings (SSSR count). The summed E-state index contributed by atoms with van der Waals surface area (Å²) in [6.45, 7) is 0. The van der Waals surface area contributed by atoms with Crippen molar-refractivity contribution in [2.75, 3.05) is 0 Å². The summed E-state index contributed by atoms with van der Waals surface area (Å²) in [5.74, 6) is 0. The monoisotopic (exact) mass is 186 g/mol. The van der Waals surface area contributed by atoms with E-state index in [0.29, 0.717) is 0 Å². The topological polar surface area (TPSA) is 37.3 Å². The summed E-state index contributed by atoms with van der Waals surface area (Å²) in [5.41, 5.74) is 0. The van der Waals surface area contributed by atoms with Crippen LogP contribution in [0.3, 0.4) is 0 Å². The molecule has 0 amide bonds. The molecule has 2 radical (unpaired) electrons. The van der Waals surface area contributed by atoms with E-state index in [1.807, 2.05) is 0 Å². The van der Waals surface area contributed by atoms with Crippen LogP contribution in [-0.4, -0.2) is 28.8 Å². The Bertz CT molecular complexity index is 13.5. The molecule has 0 aliphatic rings. The first-order chi connectivity index (χ1) is 1.41. The van der Waals surface area contributed by atoms with Crippen LogP contribution in [0.15, 0.2) is 0 Å². The van der Waals surface area contributed by atoms with E-state index in [1.54, 1.807) is 0 Å². The van der Waals surface area contributed by atoms with Gasteiger partial charge in [0.1, 0.15) is 0 Å². The summed E-state index contributed by atoms with van der Waals surface area (Å²) < 4.78 is 8.46. The van der Waals surface area contributed by atoms with Crippen LogP contribution in [0.2, 0.25) is 0 Å². The van der Waals surface area contributed by atoms with E-state index in [-0.39, 0.29) is 23.9 Å². The maximum absolute atomic E-state index is 8.46. The molecule has 24 valence electrons. The zero-order valence-corrected chi connectivity index (χ0v) is 6.94. The molecular formula is H3O2PSn. The van der Waals surface area contributed by atoms with Crippen molar-refractivity contribution in [3.05, 3.63) is 0 Å². The Hall–Kier alpha value is 0.859. The molecule has 0 aromatic rings. The van der Waals surface area contributed by atoms with Crippen molar-refractivity contribution in [1.29, 1.82) is 0 Å². The minimum absolute atomic E-state index is 0. The van der Waals surface area contributed by atoms with E-state index < -0.39 is 8.69 Å². The second-order valence-electron chi connectivity index (χ2n) is 0.0816. The molecule has 0 aromatic carbocycles. The predicted molar refractivity (Wildman–Crippen MR) is 18.4 cm³/mol. The van der Waals surface area contributed by atoms with Crippen LogP contribution in [0, 0.1) is 0 Å². The van der Waals surface area contributed by atoms with Gasteiger partial charge in [0.05, 0.1) is 0 Å². The Morgan fingerprint density at radius 3 is 1.75 bits per heavy atom. The third-order valence-electron chi connectivity index (χ3n) is 0. The Kier molecular flexibility index (Phi) is 20.2. The molecule has 0 unspecified atom stereocenters. The van der Waals surface area contributed by atoms with Crippen LogP contribution in [0.1, 0.15) is 0 Å². The van der Waals surface area contributed by atoms with E-state index >= 15 is 0 Å². The molecule has 4 heteroatoms. The van der Waals surface area contributed by atoms with Crippen LogP contribution in [0.4, 0.5) is 0 Å². The molecule has 2 nitrogen and oxygen atoms in total. The van der Waals surface area contributed by atoms with Crippen molar-refractivity contribution in [3.63, 3.8) is 0 Å². The van der Waals surface area contributed by atoms with Gasteiger partial charge in [0.2, 0.25) is 0 Å². The van der Waals surface area contributed by atoms with Gasteiger partial charge in [-0.1, -0.05) is 0 Å². The normalized spacial score (nSPS) is 5.25. The Morgan fingerprint density at radius 1 is 1.75 bits per heavy atom. The zero-order chi connectivity index (χ0) is 2.71. The van der Waals surface area contributed by atoms with Crippen molar-refractivity contribution < 1.29 is 9.46 Å². The molecule has 1 N–H and O–H groups in total. The van der Waals surface area contributed by atoms with E-state index in [1.165, 1.54) is 0 Å². The summed E-state index contributed by atoms with van der Waals surface area (Å²) in [6.07, 6.45) is 0. The fourth-order valence-electron chi connectivity index (χ4n) is 0. The third kappa shape index (κ3) is 13.4. The van der Waals surface area contributed by atoms with Gasteiger partial charge >= 0.3 is 32.6 Å². The van der Waals surface area contributed by atoms with Crippen LogP contribution >= 0.6 is 8.69 Å². The molecule has 0 bridgehead atoms. The van der Waals surface area contributed by atoms with Crippen LogP contribution in [0.5, 0.6) is 0 Å². The van der Waals surface area contributed by atoms with Crippen molar-refractivity contribution in [1.82, 2.24) is 0 Å². The number of hydrogen-bond donors (Lipinski definition) is 1. The van der Waals surface area contributed by atoms with Crippen LogP contribution in [0.25, 0.3) is 0 Å². The first-order valence-corrected chi connectivity index (χ1v) is 1.15. The number of hydrogen-bond acceptors (Lipinski definition) is 1. The standard InChI is InChI=1S/HO2P.Sn.2H/c1-3-2;;;/h(H,1,2);;;. The molecule has 0 spiro atoms. The van der Waals surface area contributed by atoms with Crippen LogP contribution in [-0.2, 0) is 4.57 Å². The first kappa shape index (κ1) is 8.85. The second-order valence-corrected chi connectivity index (χ2v) is 0.245. The fraction of sp³-hybridized carbons (Fsp3) is 0. The van der Waals surface area contributed by atoms with Crippen molar-refractivity contribution in [2.24, 2.45) is 0 Å². The Balaban J connectivity index is 0. The second kappa shape index (κ2) is 9.13. The van der Waals surface area contributed by atoms with E-state index in [0.717, 1.165) is 0 Å². The summed E-state index contributed by atoms with van der Waals surface area (Å²) in [4.78, 5) is 6.99. The van der Waals surface area contributed by atoms with Gasteiger partial charge in [-0.15, -0.1) is 0 Å². The molecule has 0 saturated heterocycles. The quantitative estimate of drug-likeness (QED) is 0.398. The van der Waals surface area contributed by atoms with Gasteiger partial charge in [0.15, 0.2) is 0 Å². The van der Waals surface area contributed by atoms with Gasteiger partial charge in [-0.25, -0.2) is 4.57 Å². The third-order valence-corrected chi connectivity index (χ3v) is 0. The van der Waals surface area contributed by atoms with Crippen molar-refractivity contribution in [3.8, 4) is 0 Å². The zero-order valence-electron chi connectivity index (χ0n) is 2.01. The van der Waals surface area contributed by atoms with E-state index in [9.17, 15) is 0 Å². The predicted octanol–water partition coefficient (Wildman–Crippen LogP) is -0.731. The Labute approximate surface area is 42.5 Å². The van der Waals surface area contributed by atoms with E-state index in [2.05, 4.69) is 0 Å². The van der Waals surface area contributed by atoms with Crippen molar-refractivity contribution in [2.45, 2.75) is 0 Å². The number of rotatable bonds is 0. The van der Waals surface area contributed by atoms with Gasteiger partial charge in [0.25, 0.3) is 0 Å². The average molecular weight is 185 g/mol. The first-order valence-electron chi connectivity index (χ1n) is 0.383. The summed E-state index contributed by atoms with van der Waals surface area (Å²) in [7, 11) is -0.833. The fourth-order valence-corrected chi connectivity index (χ4v) is 0. The molecule has 4 heavy (non-hydrogen) atoms. The van der Waals surface area contributed by atoms with Gasteiger partial charge in [-0.3, -0.25) is 0 Å². The molecular weight excluding hydrogens is 182 g/mol. The molecule has 0 fully saturated rings. The van der Waals surface area contributed by atoms with Crippen LogP contribution < -0.4 is 0 Å². The SMILES string of the molecule is O=PO.[SnH2]. The molecule has 0 heterocycles. The Morgan fingerprint density at radius 2 is 1.75 bits per heavy atom. The molecule has 0 aliphatic carbocycles. The molecule has 0 aromatic heterocycles. The van der Waals surface area contributed by atoms with Gasteiger partial charge in [-0.05, 0) is 0 Å². The summed E-state index contributed by atoms with van der Waals surface area (Å²) in [5, 5.41) is 0. The summed E-state index contributed by atoms with van der Waals surface area (Å²) in [6, 6.07) is 0. The summed E-state index contributed by atoms with van der Waals surface area (Å²) >= 11 is 0. The van der Waals surface area contributed by atoms with Gasteiger partial charge < -0.3 is 4.89 Å². The van der Waals surface area contributed by atoms with Gasteiger partial charge in [0, 0.05) is 0 Å².